The lowest BCUT2D eigenvalue weighted by Crippen LogP contribution is -2.50. The van der Waals surface area contributed by atoms with Crippen LogP contribution >= 0.6 is 0 Å². The molecule has 0 unspecified atom stereocenters. The third-order valence-electron chi connectivity index (χ3n) is 1.75. The van der Waals surface area contributed by atoms with Crippen LogP contribution in [0.5, 0.6) is 0 Å². The van der Waals surface area contributed by atoms with Crippen molar-refractivity contribution in [3.8, 4) is 0 Å². The second-order valence-electron chi connectivity index (χ2n) is 3.74. The number of rotatable bonds is 2. The Hall–Kier alpha value is -1.75. The third kappa shape index (κ3) is 3.14. The molecule has 2 amide bonds. The van der Waals surface area contributed by atoms with E-state index in [1.807, 2.05) is 0 Å². The normalized spacial score (nSPS) is 10.9. The Kier molecular flexibility index (Phi) is 3.16. The van der Waals surface area contributed by atoms with Crippen LogP contribution < -0.4 is 11.1 Å². The molecule has 0 fully saturated rings. The molecule has 15 heavy (non-hydrogen) atoms. The predicted molar refractivity (Wildman–Crippen MR) is 55.0 cm³/mol. The Morgan fingerprint density at radius 2 is 1.87 bits per heavy atom. The van der Waals surface area contributed by atoms with Crippen LogP contribution in [0.15, 0.2) is 24.5 Å². The molecular formula is C10H13N3O2. The van der Waals surface area contributed by atoms with Gasteiger partial charge in [0.05, 0.1) is 5.54 Å². The van der Waals surface area contributed by atoms with Crippen LogP contribution in [0.2, 0.25) is 0 Å². The summed E-state index contributed by atoms with van der Waals surface area (Å²) in [7, 11) is 0. The van der Waals surface area contributed by atoms with Crippen molar-refractivity contribution in [2.24, 2.45) is 5.73 Å². The largest absolute Gasteiger partial charge is 0.318 e. The van der Waals surface area contributed by atoms with Gasteiger partial charge in [0.25, 0.3) is 5.91 Å². The highest BCUT2D eigenvalue weighted by molar-refractivity contribution is 6.06. The van der Waals surface area contributed by atoms with Crippen molar-refractivity contribution in [1.29, 1.82) is 0 Å². The van der Waals surface area contributed by atoms with Gasteiger partial charge in [-0.15, -0.1) is 0 Å². The van der Waals surface area contributed by atoms with E-state index in [9.17, 15) is 9.59 Å². The molecule has 0 spiro atoms. The van der Waals surface area contributed by atoms with Gasteiger partial charge < -0.3 is 5.73 Å². The van der Waals surface area contributed by atoms with E-state index in [1.165, 1.54) is 38.4 Å². The zero-order chi connectivity index (χ0) is 11.5. The summed E-state index contributed by atoms with van der Waals surface area (Å²) in [6.07, 6.45) is 2.96. The van der Waals surface area contributed by atoms with Gasteiger partial charge in [-0.05, 0) is 26.0 Å². The first-order valence-corrected chi connectivity index (χ1v) is 4.46. The maximum atomic E-state index is 11.5. The molecule has 5 heteroatoms. The third-order valence-corrected chi connectivity index (χ3v) is 1.75. The fraction of sp³-hybridized carbons (Fsp3) is 0.300. The van der Waals surface area contributed by atoms with Crippen LogP contribution in [0.1, 0.15) is 24.2 Å². The van der Waals surface area contributed by atoms with Crippen molar-refractivity contribution in [1.82, 2.24) is 10.3 Å². The monoisotopic (exact) mass is 207 g/mol. The van der Waals surface area contributed by atoms with Gasteiger partial charge in [0.1, 0.15) is 0 Å². The fourth-order valence-electron chi connectivity index (χ4n) is 0.840. The lowest BCUT2D eigenvalue weighted by Gasteiger charge is -2.16. The Morgan fingerprint density at radius 1 is 1.33 bits per heavy atom. The number of nitrogens with one attached hydrogen (secondary N) is 1. The average Bonchev–Trinajstić information content (AvgIpc) is 2.17. The quantitative estimate of drug-likeness (QED) is 0.719. The molecule has 1 aromatic heterocycles. The summed E-state index contributed by atoms with van der Waals surface area (Å²) in [6, 6.07) is 3.04. The summed E-state index contributed by atoms with van der Waals surface area (Å²) in [6.45, 7) is 3.06. The number of nitrogens with two attached hydrogens (primary N) is 1. The standard InChI is InChI=1S/C10H13N3O2/c1-10(2,11)9(15)13-8(14)7-3-5-12-6-4-7/h3-6H,11H2,1-2H3,(H,13,14,15). The fourth-order valence-corrected chi connectivity index (χ4v) is 0.840. The van der Waals surface area contributed by atoms with Gasteiger partial charge in [0, 0.05) is 18.0 Å². The van der Waals surface area contributed by atoms with Gasteiger partial charge in [0.2, 0.25) is 5.91 Å². The van der Waals surface area contributed by atoms with Gasteiger partial charge >= 0.3 is 0 Å². The molecule has 1 heterocycles. The number of hydrogen-bond acceptors (Lipinski definition) is 4. The summed E-state index contributed by atoms with van der Waals surface area (Å²) in [5, 5.41) is 2.21. The predicted octanol–water partition coefficient (Wildman–Crippen LogP) is 0.0753. The van der Waals surface area contributed by atoms with E-state index in [0.717, 1.165) is 0 Å². The summed E-state index contributed by atoms with van der Waals surface area (Å²) in [5.74, 6) is -0.981. The minimum Gasteiger partial charge on any atom is -0.318 e. The van der Waals surface area contributed by atoms with E-state index >= 15 is 0 Å². The molecule has 0 radical (unpaired) electrons. The number of pyridine rings is 1. The van der Waals surface area contributed by atoms with E-state index in [4.69, 9.17) is 5.73 Å². The van der Waals surface area contributed by atoms with Gasteiger partial charge in [-0.2, -0.15) is 0 Å². The zero-order valence-electron chi connectivity index (χ0n) is 8.65. The molecule has 0 aliphatic carbocycles. The maximum absolute atomic E-state index is 11.5. The maximum Gasteiger partial charge on any atom is 0.258 e. The first kappa shape index (κ1) is 11.3. The average molecular weight is 207 g/mol. The second kappa shape index (κ2) is 4.18. The molecular weight excluding hydrogens is 194 g/mol. The van der Waals surface area contributed by atoms with Gasteiger partial charge in [-0.1, -0.05) is 0 Å². The first-order chi connectivity index (χ1) is 6.91. The molecule has 1 aromatic rings. The number of aromatic nitrogens is 1. The van der Waals surface area contributed by atoms with Crippen LogP contribution in [-0.4, -0.2) is 22.3 Å². The second-order valence-corrected chi connectivity index (χ2v) is 3.74. The van der Waals surface area contributed by atoms with Crippen molar-refractivity contribution in [2.75, 3.05) is 0 Å². The lowest BCUT2D eigenvalue weighted by molar-refractivity contribution is -0.124. The lowest BCUT2D eigenvalue weighted by atomic mass is 10.1. The van der Waals surface area contributed by atoms with E-state index in [1.54, 1.807) is 0 Å². The van der Waals surface area contributed by atoms with Crippen LogP contribution in [0.4, 0.5) is 0 Å². The molecule has 0 aliphatic heterocycles. The van der Waals surface area contributed by atoms with Crippen LogP contribution in [0.25, 0.3) is 0 Å². The highest BCUT2D eigenvalue weighted by atomic mass is 16.2. The molecule has 0 aliphatic rings. The van der Waals surface area contributed by atoms with Crippen molar-refractivity contribution in [3.63, 3.8) is 0 Å². The Balaban J connectivity index is 2.70. The number of imide groups is 1. The minimum absolute atomic E-state index is 0.377. The molecule has 80 valence electrons. The van der Waals surface area contributed by atoms with Crippen molar-refractivity contribution >= 4 is 11.8 Å². The topological polar surface area (TPSA) is 85.1 Å². The van der Waals surface area contributed by atoms with E-state index < -0.39 is 17.4 Å². The minimum atomic E-state index is -1.07. The molecule has 1 rings (SSSR count). The van der Waals surface area contributed by atoms with Crippen LogP contribution in [-0.2, 0) is 4.79 Å². The molecule has 3 N–H and O–H groups in total. The van der Waals surface area contributed by atoms with Gasteiger partial charge in [-0.3, -0.25) is 19.9 Å². The highest BCUT2D eigenvalue weighted by Gasteiger charge is 2.23. The van der Waals surface area contributed by atoms with E-state index in [2.05, 4.69) is 10.3 Å². The van der Waals surface area contributed by atoms with Crippen LogP contribution in [0.3, 0.4) is 0 Å². The number of carbonyl (C=O) groups is 2. The van der Waals surface area contributed by atoms with Crippen molar-refractivity contribution < 1.29 is 9.59 Å². The van der Waals surface area contributed by atoms with Crippen molar-refractivity contribution in [2.45, 2.75) is 19.4 Å². The molecule has 0 aromatic carbocycles. The van der Waals surface area contributed by atoms with Gasteiger partial charge in [0.15, 0.2) is 0 Å². The smallest absolute Gasteiger partial charge is 0.258 e. The highest BCUT2D eigenvalue weighted by Crippen LogP contribution is 1.99. The number of nitrogens with zero attached hydrogens (tertiary/aromatic N) is 1. The molecule has 0 saturated carbocycles. The zero-order valence-corrected chi connectivity index (χ0v) is 8.65. The molecule has 0 bridgehead atoms. The summed E-state index contributed by atoms with van der Waals surface area (Å²) < 4.78 is 0. The number of carbonyl (C=O) groups excluding carboxylic acids is 2. The molecule has 0 atom stereocenters. The SMILES string of the molecule is CC(C)(N)C(=O)NC(=O)c1ccncc1. The molecule has 5 nitrogen and oxygen atoms in total. The first-order valence-electron chi connectivity index (χ1n) is 4.46. The Labute approximate surface area is 87.7 Å². The van der Waals surface area contributed by atoms with Crippen molar-refractivity contribution in [3.05, 3.63) is 30.1 Å². The number of hydrogen-bond donors (Lipinski definition) is 2. The Morgan fingerprint density at radius 3 is 2.33 bits per heavy atom. The van der Waals surface area contributed by atoms with E-state index in [-0.39, 0.29) is 0 Å². The number of amides is 2. The summed E-state index contributed by atoms with van der Waals surface area (Å²) in [4.78, 5) is 26.6. The Bertz CT molecular complexity index is 368. The molecule has 0 saturated heterocycles. The summed E-state index contributed by atoms with van der Waals surface area (Å²) >= 11 is 0. The van der Waals surface area contributed by atoms with Gasteiger partial charge in [-0.25, -0.2) is 0 Å². The summed E-state index contributed by atoms with van der Waals surface area (Å²) in [5.41, 5.74) is 4.84. The van der Waals surface area contributed by atoms with E-state index in [0.29, 0.717) is 5.56 Å². The van der Waals surface area contributed by atoms with Crippen LogP contribution in [0, 0.1) is 0 Å².